The number of carbonyl (C=O) groups is 2. The summed E-state index contributed by atoms with van der Waals surface area (Å²) in [7, 11) is 0. The third-order valence-corrected chi connectivity index (χ3v) is 5.25. The minimum atomic E-state index is -0.367. The maximum absolute atomic E-state index is 13.1. The molecule has 9 heteroatoms. The minimum absolute atomic E-state index is 0.0232. The predicted octanol–water partition coefficient (Wildman–Crippen LogP) is 3.76. The monoisotopic (exact) mass is 433 g/mol. The van der Waals surface area contributed by atoms with Crippen LogP contribution in [-0.4, -0.2) is 37.7 Å². The van der Waals surface area contributed by atoms with Crippen molar-refractivity contribution < 1.29 is 14.0 Å². The summed E-state index contributed by atoms with van der Waals surface area (Å²) in [5.41, 5.74) is 1.95. The Morgan fingerprint density at radius 1 is 0.935 bits per heavy atom. The zero-order chi connectivity index (χ0) is 21.6. The molecule has 3 aromatic carbocycles. The maximum Gasteiger partial charge on any atom is 0.234 e. The Kier molecular flexibility index (Phi) is 6.13. The number of aromatic nitrogens is 4. The molecular formula is C22H16FN5O2S. The average Bonchev–Trinajstić information content (AvgIpc) is 3.27. The molecule has 4 aromatic rings. The van der Waals surface area contributed by atoms with Crippen LogP contribution in [0.25, 0.3) is 5.69 Å². The van der Waals surface area contributed by atoms with Crippen molar-refractivity contribution in [2.75, 3.05) is 11.1 Å². The van der Waals surface area contributed by atoms with E-state index in [4.69, 9.17) is 0 Å². The van der Waals surface area contributed by atoms with Crippen LogP contribution < -0.4 is 5.32 Å². The fraction of sp³-hybridized carbons (Fsp3) is 0.0455. The SMILES string of the molecule is O=C(CSc1nnnn1-c1ccc(F)cc1)Nc1ccccc1C(=O)c1ccccc1. The minimum Gasteiger partial charge on any atom is -0.325 e. The van der Waals surface area contributed by atoms with Crippen LogP contribution >= 0.6 is 11.8 Å². The molecule has 0 unspecified atom stereocenters. The molecule has 31 heavy (non-hydrogen) atoms. The Morgan fingerprint density at radius 3 is 2.42 bits per heavy atom. The number of benzene rings is 3. The molecule has 0 fully saturated rings. The number of anilines is 1. The Labute approximate surface area is 181 Å². The van der Waals surface area contributed by atoms with Crippen molar-refractivity contribution in [2.24, 2.45) is 0 Å². The van der Waals surface area contributed by atoms with Gasteiger partial charge in [-0.1, -0.05) is 54.2 Å². The molecule has 0 bridgehead atoms. The van der Waals surface area contributed by atoms with Gasteiger partial charge in [0.1, 0.15) is 5.82 Å². The van der Waals surface area contributed by atoms with Gasteiger partial charge in [-0.15, -0.1) is 5.10 Å². The molecule has 0 spiro atoms. The second-order valence-electron chi connectivity index (χ2n) is 6.43. The quantitative estimate of drug-likeness (QED) is 0.353. The predicted molar refractivity (Wildman–Crippen MR) is 115 cm³/mol. The number of nitrogens with zero attached hydrogens (tertiary/aromatic N) is 4. The van der Waals surface area contributed by atoms with Gasteiger partial charge in [0, 0.05) is 11.1 Å². The molecular weight excluding hydrogens is 417 g/mol. The molecule has 154 valence electrons. The molecule has 4 rings (SSSR count). The van der Waals surface area contributed by atoms with Gasteiger partial charge in [-0.05, 0) is 46.8 Å². The number of halogens is 1. The van der Waals surface area contributed by atoms with Crippen LogP contribution in [0.1, 0.15) is 15.9 Å². The van der Waals surface area contributed by atoms with Crippen LogP contribution in [-0.2, 0) is 4.79 Å². The molecule has 0 aliphatic heterocycles. The van der Waals surface area contributed by atoms with Crippen molar-refractivity contribution in [2.45, 2.75) is 5.16 Å². The lowest BCUT2D eigenvalue weighted by Gasteiger charge is -2.10. The van der Waals surface area contributed by atoms with E-state index >= 15 is 0 Å². The van der Waals surface area contributed by atoms with E-state index in [1.807, 2.05) is 6.07 Å². The molecule has 1 aromatic heterocycles. The highest BCUT2D eigenvalue weighted by molar-refractivity contribution is 7.99. The summed E-state index contributed by atoms with van der Waals surface area (Å²) in [6.07, 6.45) is 0. The first-order valence-corrected chi connectivity index (χ1v) is 10.3. The van der Waals surface area contributed by atoms with Gasteiger partial charge in [0.05, 0.1) is 17.1 Å². The second-order valence-corrected chi connectivity index (χ2v) is 7.37. The zero-order valence-corrected chi connectivity index (χ0v) is 16.9. The number of tetrazole rings is 1. The molecule has 0 saturated heterocycles. The summed E-state index contributed by atoms with van der Waals surface area (Å²) < 4.78 is 14.6. The van der Waals surface area contributed by atoms with Gasteiger partial charge in [0.2, 0.25) is 11.1 Å². The fourth-order valence-electron chi connectivity index (χ4n) is 2.86. The van der Waals surface area contributed by atoms with Gasteiger partial charge in [-0.25, -0.2) is 4.39 Å². The second kappa shape index (κ2) is 9.31. The zero-order valence-electron chi connectivity index (χ0n) is 16.1. The van der Waals surface area contributed by atoms with Gasteiger partial charge >= 0.3 is 0 Å². The highest BCUT2D eigenvalue weighted by Gasteiger charge is 2.16. The van der Waals surface area contributed by atoms with Gasteiger partial charge in [0.25, 0.3) is 0 Å². The summed E-state index contributed by atoms with van der Waals surface area (Å²) in [4.78, 5) is 25.3. The van der Waals surface area contributed by atoms with Crippen LogP contribution in [0.4, 0.5) is 10.1 Å². The van der Waals surface area contributed by atoms with Crippen molar-refractivity contribution >= 4 is 29.1 Å². The van der Waals surface area contributed by atoms with Gasteiger partial charge < -0.3 is 5.32 Å². The smallest absolute Gasteiger partial charge is 0.234 e. The molecule has 0 atom stereocenters. The van der Waals surface area contributed by atoms with E-state index < -0.39 is 0 Å². The number of thioether (sulfide) groups is 1. The van der Waals surface area contributed by atoms with E-state index in [0.717, 1.165) is 11.8 Å². The van der Waals surface area contributed by atoms with E-state index in [2.05, 4.69) is 20.8 Å². The Bertz CT molecular complexity index is 1210. The normalized spacial score (nSPS) is 10.6. The first-order chi connectivity index (χ1) is 15.1. The lowest BCUT2D eigenvalue weighted by molar-refractivity contribution is -0.113. The standard InChI is InChI=1S/C22H16FN5O2S/c23-16-10-12-17(13-11-16)28-22(25-26-27-28)31-14-20(29)24-19-9-5-4-8-18(19)21(30)15-6-2-1-3-7-15/h1-13H,14H2,(H,24,29). The molecule has 0 saturated carbocycles. The number of ketones is 1. The van der Waals surface area contributed by atoms with Crippen LogP contribution in [0.2, 0.25) is 0 Å². The van der Waals surface area contributed by atoms with Crippen LogP contribution in [0.3, 0.4) is 0 Å². The third kappa shape index (κ3) is 4.84. The van der Waals surface area contributed by atoms with E-state index in [1.54, 1.807) is 60.7 Å². The van der Waals surface area contributed by atoms with E-state index in [0.29, 0.717) is 27.7 Å². The summed E-state index contributed by atoms with van der Waals surface area (Å²) in [6, 6.07) is 21.4. The Hall–Kier alpha value is -3.85. The van der Waals surface area contributed by atoms with E-state index in [1.165, 1.54) is 16.8 Å². The number of nitrogens with one attached hydrogen (secondary N) is 1. The van der Waals surface area contributed by atoms with E-state index in [-0.39, 0.29) is 23.3 Å². The van der Waals surface area contributed by atoms with E-state index in [9.17, 15) is 14.0 Å². The molecule has 7 nitrogen and oxygen atoms in total. The van der Waals surface area contributed by atoms with Crippen LogP contribution in [0.15, 0.2) is 84.0 Å². The fourth-order valence-corrected chi connectivity index (χ4v) is 3.56. The van der Waals surface area contributed by atoms with Gasteiger partial charge in [-0.3, -0.25) is 9.59 Å². The highest BCUT2D eigenvalue weighted by atomic mass is 32.2. The lowest BCUT2D eigenvalue weighted by Crippen LogP contribution is -2.17. The highest BCUT2D eigenvalue weighted by Crippen LogP contribution is 2.22. The summed E-state index contributed by atoms with van der Waals surface area (Å²) in [5.74, 6) is -0.833. The molecule has 1 heterocycles. The summed E-state index contributed by atoms with van der Waals surface area (Å²) in [5, 5.41) is 14.6. The number of rotatable bonds is 7. The lowest BCUT2D eigenvalue weighted by atomic mass is 10.0. The molecule has 0 aliphatic rings. The largest absolute Gasteiger partial charge is 0.325 e. The van der Waals surface area contributed by atoms with Gasteiger partial charge in [-0.2, -0.15) is 4.68 Å². The molecule has 1 N–H and O–H groups in total. The Morgan fingerprint density at radius 2 is 1.65 bits per heavy atom. The third-order valence-electron chi connectivity index (χ3n) is 4.33. The number of amides is 1. The van der Waals surface area contributed by atoms with Crippen LogP contribution in [0.5, 0.6) is 0 Å². The summed E-state index contributed by atoms with van der Waals surface area (Å²) in [6.45, 7) is 0. The molecule has 0 radical (unpaired) electrons. The first kappa shape index (κ1) is 20.4. The maximum atomic E-state index is 13.1. The van der Waals surface area contributed by atoms with Gasteiger partial charge in [0.15, 0.2) is 5.78 Å². The Balaban J connectivity index is 1.45. The number of hydrogen-bond donors (Lipinski definition) is 1. The topological polar surface area (TPSA) is 89.8 Å². The van der Waals surface area contributed by atoms with Crippen molar-refractivity contribution in [1.29, 1.82) is 0 Å². The number of para-hydroxylation sites is 1. The summed E-state index contributed by atoms with van der Waals surface area (Å²) >= 11 is 1.13. The van der Waals surface area contributed by atoms with Crippen LogP contribution in [0, 0.1) is 5.82 Å². The molecule has 0 aliphatic carbocycles. The van der Waals surface area contributed by atoms with Crippen molar-refractivity contribution in [1.82, 2.24) is 20.2 Å². The molecule has 1 amide bonds. The number of carbonyl (C=O) groups excluding carboxylic acids is 2. The average molecular weight is 433 g/mol. The van der Waals surface area contributed by atoms with Crippen molar-refractivity contribution in [3.63, 3.8) is 0 Å². The number of hydrogen-bond acceptors (Lipinski definition) is 6. The first-order valence-electron chi connectivity index (χ1n) is 9.27. The van der Waals surface area contributed by atoms with Crippen molar-refractivity contribution in [3.8, 4) is 5.69 Å². The van der Waals surface area contributed by atoms with Crippen molar-refractivity contribution in [3.05, 3.63) is 95.8 Å².